The molecule has 126 valence electrons. The van der Waals surface area contributed by atoms with Crippen molar-refractivity contribution in [3.63, 3.8) is 0 Å². The summed E-state index contributed by atoms with van der Waals surface area (Å²) in [6.45, 7) is 6.69. The Hall–Kier alpha value is -1.83. The maximum Gasteiger partial charge on any atom is 0.139 e. The van der Waals surface area contributed by atoms with E-state index in [1.165, 1.54) is 21.9 Å². The maximum atomic E-state index is 12.9. The minimum atomic E-state index is -0.178. The number of Topliss-reactive ketones (excluding diaryl/α,β-unsaturated/α-hetero) is 1. The van der Waals surface area contributed by atoms with Gasteiger partial charge < -0.3 is 4.74 Å². The fourth-order valence-electron chi connectivity index (χ4n) is 4.95. The molecule has 0 aliphatic heterocycles. The zero-order chi connectivity index (χ0) is 17.1. The van der Waals surface area contributed by atoms with Crippen molar-refractivity contribution in [3.8, 4) is 5.75 Å². The van der Waals surface area contributed by atoms with Crippen LogP contribution in [0.3, 0.4) is 0 Å². The van der Waals surface area contributed by atoms with Crippen LogP contribution in [-0.2, 0) is 11.2 Å². The third kappa shape index (κ3) is 2.19. The highest BCUT2D eigenvalue weighted by Gasteiger charge is 2.51. The molecular weight excluding hydrogens is 296 g/mol. The van der Waals surface area contributed by atoms with Crippen LogP contribution < -0.4 is 4.74 Å². The van der Waals surface area contributed by atoms with Crippen molar-refractivity contribution >= 4 is 16.6 Å². The van der Waals surface area contributed by atoms with Crippen LogP contribution in [0.15, 0.2) is 30.3 Å². The molecule has 0 bridgehead atoms. The van der Waals surface area contributed by atoms with E-state index in [2.05, 4.69) is 45.0 Å². The summed E-state index contributed by atoms with van der Waals surface area (Å²) < 4.78 is 5.36. The van der Waals surface area contributed by atoms with E-state index in [9.17, 15) is 4.79 Å². The van der Waals surface area contributed by atoms with Gasteiger partial charge in [-0.05, 0) is 64.6 Å². The highest BCUT2D eigenvalue weighted by molar-refractivity contribution is 5.91. The topological polar surface area (TPSA) is 26.3 Å². The van der Waals surface area contributed by atoms with Gasteiger partial charge in [-0.3, -0.25) is 4.79 Å². The summed E-state index contributed by atoms with van der Waals surface area (Å²) >= 11 is 0. The van der Waals surface area contributed by atoms with Crippen LogP contribution in [0.1, 0.15) is 57.1 Å². The highest BCUT2D eigenvalue weighted by atomic mass is 16.5. The standard InChI is InChI=1S/C22H26O2/c1-21(2)12-19-18-7-5-14-11-15(24-4)6-8-16(14)17(18)9-10-22(19,3)20(23)13-21/h5-8,11,19H,9-10,12-13H2,1-4H3. The van der Waals surface area contributed by atoms with Crippen molar-refractivity contribution in [2.24, 2.45) is 10.8 Å². The Balaban J connectivity index is 1.89. The monoisotopic (exact) mass is 322 g/mol. The summed E-state index contributed by atoms with van der Waals surface area (Å²) in [5.41, 5.74) is 2.78. The molecule has 0 aromatic heterocycles. The number of carbonyl (C=O) groups excluding carboxylic acids is 1. The second-order valence-electron chi connectivity index (χ2n) is 8.66. The van der Waals surface area contributed by atoms with E-state index in [1.807, 2.05) is 6.07 Å². The van der Waals surface area contributed by atoms with Crippen LogP contribution in [0.2, 0.25) is 0 Å². The molecule has 2 aromatic carbocycles. The number of ketones is 1. The normalized spacial score (nSPS) is 28.3. The molecule has 1 saturated carbocycles. The second kappa shape index (κ2) is 5.08. The molecule has 0 amide bonds. The van der Waals surface area contributed by atoms with Gasteiger partial charge in [-0.15, -0.1) is 0 Å². The number of carbonyl (C=O) groups is 1. The fraction of sp³-hybridized carbons (Fsp3) is 0.500. The lowest BCUT2D eigenvalue weighted by Gasteiger charge is -2.50. The van der Waals surface area contributed by atoms with E-state index in [4.69, 9.17) is 4.74 Å². The molecule has 0 N–H and O–H groups in total. The predicted molar refractivity (Wildman–Crippen MR) is 97.7 cm³/mol. The number of hydrogen-bond donors (Lipinski definition) is 0. The number of rotatable bonds is 1. The first kappa shape index (κ1) is 15.7. The van der Waals surface area contributed by atoms with Crippen molar-refractivity contribution < 1.29 is 9.53 Å². The molecule has 1 fully saturated rings. The van der Waals surface area contributed by atoms with Gasteiger partial charge in [0.1, 0.15) is 11.5 Å². The Morgan fingerprint density at radius 1 is 1.12 bits per heavy atom. The molecule has 0 saturated heterocycles. The molecule has 2 heteroatoms. The largest absolute Gasteiger partial charge is 0.497 e. The van der Waals surface area contributed by atoms with E-state index in [1.54, 1.807) is 7.11 Å². The molecule has 2 aliphatic rings. The molecule has 0 radical (unpaired) electrons. The Morgan fingerprint density at radius 3 is 2.67 bits per heavy atom. The Morgan fingerprint density at radius 2 is 1.92 bits per heavy atom. The van der Waals surface area contributed by atoms with Crippen molar-refractivity contribution in [2.75, 3.05) is 7.11 Å². The summed E-state index contributed by atoms with van der Waals surface area (Å²) in [6.07, 6.45) is 3.80. The predicted octanol–water partition coefficient (Wildman–Crippen LogP) is 5.27. The molecule has 0 heterocycles. The lowest BCUT2D eigenvalue weighted by atomic mass is 9.53. The van der Waals surface area contributed by atoms with Crippen LogP contribution in [0, 0.1) is 10.8 Å². The van der Waals surface area contributed by atoms with Gasteiger partial charge in [0.25, 0.3) is 0 Å². The number of hydrogen-bond acceptors (Lipinski definition) is 2. The van der Waals surface area contributed by atoms with Gasteiger partial charge in [-0.25, -0.2) is 0 Å². The number of aryl methyl sites for hydroxylation is 1. The van der Waals surface area contributed by atoms with Gasteiger partial charge in [0, 0.05) is 11.8 Å². The Kier molecular flexibility index (Phi) is 3.32. The van der Waals surface area contributed by atoms with Gasteiger partial charge in [0.05, 0.1) is 7.11 Å². The minimum absolute atomic E-state index is 0.102. The molecule has 2 atom stereocenters. The van der Waals surface area contributed by atoms with E-state index >= 15 is 0 Å². The van der Waals surface area contributed by atoms with Crippen molar-refractivity contribution in [1.82, 2.24) is 0 Å². The summed E-state index contributed by atoms with van der Waals surface area (Å²) in [6, 6.07) is 10.8. The molecule has 0 spiro atoms. The molecule has 2 aromatic rings. The smallest absolute Gasteiger partial charge is 0.139 e. The zero-order valence-electron chi connectivity index (χ0n) is 15.1. The Labute approximate surface area is 144 Å². The van der Waals surface area contributed by atoms with Gasteiger partial charge in [0.2, 0.25) is 0 Å². The first-order chi connectivity index (χ1) is 11.3. The maximum absolute atomic E-state index is 12.9. The summed E-state index contributed by atoms with van der Waals surface area (Å²) in [7, 11) is 1.71. The molecule has 2 unspecified atom stereocenters. The lowest BCUT2D eigenvalue weighted by molar-refractivity contribution is -0.136. The van der Waals surface area contributed by atoms with Crippen molar-refractivity contribution in [1.29, 1.82) is 0 Å². The van der Waals surface area contributed by atoms with Crippen LogP contribution in [0.5, 0.6) is 5.75 Å². The van der Waals surface area contributed by atoms with Crippen LogP contribution in [-0.4, -0.2) is 12.9 Å². The average Bonchev–Trinajstić information content (AvgIpc) is 2.55. The average molecular weight is 322 g/mol. The molecule has 4 rings (SSSR count). The van der Waals surface area contributed by atoms with Gasteiger partial charge in [-0.2, -0.15) is 0 Å². The van der Waals surface area contributed by atoms with Crippen LogP contribution in [0.4, 0.5) is 0 Å². The van der Waals surface area contributed by atoms with Crippen molar-refractivity contribution in [3.05, 3.63) is 41.5 Å². The SMILES string of the molecule is COc1ccc2c3c(ccc2c1)C1CC(C)(C)CC(=O)C1(C)CC3. The van der Waals surface area contributed by atoms with E-state index in [0.717, 1.165) is 31.4 Å². The van der Waals surface area contributed by atoms with Gasteiger partial charge >= 0.3 is 0 Å². The summed E-state index contributed by atoms with van der Waals surface area (Å²) in [5.74, 6) is 1.71. The summed E-state index contributed by atoms with van der Waals surface area (Å²) in [5, 5.41) is 2.56. The van der Waals surface area contributed by atoms with Gasteiger partial charge in [-0.1, -0.05) is 39.0 Å². The molecular formula is C22H26O2. The first-order valence-corrected chi connectivity index (χ1v) is 8.97. The Bertz CT molecular complexity index is 833. The minimum Gasteiger partial charge on any atom is -0.497 e. The zero-order valence-corrected chi connectivity index (χ0v) is 15.1. The second-order valence-corrected chi connectivity index (χ2v) is 8.66. The number of ether oxygens (including phenoxy) is 1. The fourth-order valence-corrected chi connectivity index (χ4v) is 4.95. The number of fused-ring (bicyclic) bond motifs is 5. The van der Waals surface area contributed by atoms with Crippen LogP contribution in [0.25, 0.3) is 10.8 Å². The molecule has 2 aliphatic carbocycles. The first-order valence-electron chi connectivity index (χ1n) is 8.97. The molecule has 24 heavy (non-hydrogen) atoms. The van der Waals surface area contributed by atoms with E-state index in [0.29, 0.717) is 11.7 Å². The van der Waals surface area contributed by atoms with Crippen LogP contribution >= 0.6 is 0 Å². The lowest BCUT2D eigenvalue weighted by Crippen LogP contribution is -2.46. The van der Waals surface area contributed by atoms with E-state index < -0.39 is 0 Å². The van der Waals surface area contributed by atoms with Crippen molar-refractivity contribution in [2.45, 2.75) is 52.4 Å². The van der Waals surface area contributed by atoms with Gasteiger partial charge in [0.15, 0.2) is 0 Å². The number of benzene rings is 2. The third-order valence-corrected chi connectivity index (χ3v) is 6.45. The highest BCUT2D eigenvalue weighted by Crippen LogP contribution is 2.57. The number of methoxy groups -OCH3 is 1. The quantitative estimate of drug-likeness (QED) is 0.714. The third-order valence-electron chi connectivity index (χ3n) is 6.45. The summed E-state index contributed by atoms with van der Waals surface area (Å²) in [4.78, 5) is 12.9. The van der Waals surface area contributed by atoms with E-state index in [-0.39, 0.29) is 10.8 Å². The molecule has 2 nitrogen and oxygen atoms in total.